The van der Waals surface area contributed by atoms with Crippen LogP contribution in [0.3, 0.4) is 0 Å². The van der Waals surface area contributed by atoms with Crippen molar-refractivity contribution in [3.63, 3.8) is 0 Å². The van der Waals surface area contributed by atoms with E-state index in [1.807, 2.05) is 0 Å². The van der Waals surface area contributed by atoms with Crippen LogP contribution in [0.1, 0.15) is 79.1 Å². The Labute approximate surface area is 201 Å². The molecule has 33 heavy (non-hydrogen) atoms. The Morgan fingerprint density at radius 2 is 1.88 bits per heavy atom. The maximum absolute atomic E-state index is 10.2. The molecule has 0 aromatic carbocycles. The minimum absolute atomic E-state index is 0.0127. The SMILES string of the molecule is C=C1[C@H](O)CC(=CC=C2CCC[C@]3(C)[C@@H](C(C)CCN4CCOC(C)(C)C4)CC[C@@H]23)C[C@H]1O. The van der Waals surface area contributed by atoms with Crippen molar-refractivity contribution in [2.75, 3.05) is 26.2 Å². The highest BCUT2D eigenvalue weighted by atomic mass is 16.5. The third-order valence-corrected chi connectivity index (χ3v) is 9.43. The zero-order chi connectivity index (χ0) is 23.8. The van der Waals surface area contributed by atoms with Crippen LogP contribution in [0.4, 0.5) is 0 Å². The van der Waals surface area contributed by atoms with E-state index in [4.69, 9.17) is 4.74 Å². The zero-order valence-corrected chi connectivity index (χ0v) is 21.5. The van der Waals surface area contributed by atoms with Gasteiger partial charge in [-0.3, -0.25) is 4.90 Å². The normalized spacial score (nSPS) is 39.5. The highest BCUT2D eigenvalue weighted by Gasteiger charge is 2.50. The summed E-state index contributed by atoms with van der Waals surface area (Å²) in [5.41, 5.74) is 3.72. The molecule has 186 valence electrons. The van der Waals surface area contributed by atoms with Gasteiger partial charge in [-0.1, -0.05) is 43.7 Å². The van der Waals surface area contributed by atoms with Crippen LogP contribution in [-0.2, 0) is 4.74 Å². The van der Waals surface area contributed by atoms with E-state index in [1.165, 1.54) is 45.1 Å². The van der Waals surface area contributed by atoms with Crippen molar-refractivity contribution in [3.8, 4) is 0 Å². The summed E-state index contributed by atoms with van der Waals surface area (Å²) in [6.45, 7) is 17.5. The monoisotopic (exact) mass is 457 g/mol. The van der Waals surface area contributed by atoms with Crippen molar-refractivity contribution in [3.05, 3.63) is 35.5 Å². The summed E-state index contributed by atoms with van der Waals surface area (Å²) in [5, 5.41) is 20.4. The maximum Gasteiger partial charge on any atom is 0.0809 e. The van der Waals surface area contributed by atoms with Gasteiger partial charge in [0.1, 0.15) is 0 Å². The van der Waals surface area contributed by atoms with E-state index in [1.54, 1.807) is 5.57 Å². The van der Waals surface area contributed by atoms with Gasteiger partial charge in [0, 0.05) is 13.1 Å². The summed E-state index contributed by atoms with van der Waals surface area (Å²) in [6.07, 6.45) is 12.3. The van der Waals surface area contributed by atoms with Gasteiger partial charge < -0.3 is 14.9 Å². The third-order valence-electron chi connectivity index (χ3n) is 9.43. The summed E-state index contributed by atoms with van der Waals surface area (Å²) in [4.78, 5) is 2.61. The molecule has 4 heteroatoms. The number of fused-ring (bicyclic) bond motifs is 1. The second kappa shape index (κ2) is 9.97. The van der Waals surface area contributed by atoms with Gasteiger partial charge in [-0.25, -0.2) is 0 Å². The zero-order valence-electron chi connectivity index (χ0n) is 21.5. The van der Waals surface area contributed by atoms with Crippen molar-refractivity contribution in [1.29, 1.82) is 0 Å². The Morgan fingerprint density at radius 3 is 2.58 bits per heavy atom. The molecule has 4 fully saturated rings. The number of aliphatic hydroxyl groups is 2. The van der Waals surface area contributed by atoms with Crippen molar-refractivity contribution >= 4 is 0 Å². The molecule has 6 atom stereocenters. The summed E-state index contributed by atoms with van der Waals surface area (Å²) in [5.74, 6) is 2.24. The number of aliphatic hydroxyl groups excluding tert-OH is 2. The molecular formula is C29H47NO3. The molecule has 4 nitrogen and oxygen atoms in total. The predicted octanol–water partition coefficient (Wildman–Crippen LogP) is 5.26. The van der Waals surface area contributed by atoms with Gasteiger partial charge in [-0.05, 0) is 101 Å². The highest BCUT2D eigenvalue weighted by molar-refractivity contribution is 5.29. The number of hydrogen-bond donors (Lipinski definition) is 2. The quantitative estimate of drug-likeness (QED) is 0.553. The lowest BCUT2D eigenvalue weighted by Crippen LogP contribution is -2.48. The standard InChI is InChI=1S/C29H47NO3/c1-20(12-14-30-15-16-33-28(3,4)19-30)24-10-11-25-23(7-6-13-29(24,25)5)9-8-22-17-26(31)21(2)27(32)18-22/h8-9,20,24-27,31-32H,2,6-7,10-19H2,1,3-5H3/t20?,24-,25+,26-,27-,29-/m1/s1. The van der Waals surface area contributed by atoms with E-state index in [9.17, 15) is 10.2 Å². The first-order valence-electron chi connectivity index (χ1n) is 13.4. The van der Waals surface area contributed by atoms with Crippen LogP contribution in [0, 0.1) is 23.2 Å². The van der Waals surface area contributed by atoms with Gasteiger partial charge in [-0.2, -0.15) is 0 Å². The Bertz CT molecular complexity index is 768. The van der Waals surface area contributed by atoms with Crippen molar-refractivity contribution in [2.24, 2.45) is 23.2 Å². The van der Waals surface area contributed by atoms with E-state index >= 15 is 0 Å². The number of rotatable bonds is 5. The average Bonchev–Trinajstić information content (AvgIpc) is 3.11. The van der Waals surface area contributed by atoms with Gasteiger partial charge in [0.2, 0.25) is 0 Å². The minimum Gasteiger partial charge on any atom is -0.388 e. The van der Waals surface area contributed by atoms with E-state index in [-0.39, 0.29) is 5.60 Å². The van der Waals surface area contributed by atoms with Crippen molar-refractivity contribution in [1.82, 2.24) is 4.90 Å². The topological polar surface area (TPSA) is 52.9 Å². The second-order valence-corrected chi connectivity index (χ2v) is 12.3. The molecule has 2 N–H and O–H groups in total. The molecule has 3 saturated carbocycles. The molecule has 4 aliphatic rings. The molecule has 0 amide bonds. The van der Waals surface area contributed by atoms with Crippen LogP contribution in [0.15, 0.2) is 35.5 Å². The second-order valence-electron chi connectivity index (χ2n) is 12.3. The molecular weight excluding hydrogens is 410 g/mol. The van der Waals surface area contributed by atoms with Crippen LogP contribution in [0.5, 0.6) is 0 Å². The lowest BCUT2D eigenvalue weighted by atomic mass is 9.61. The molecule has 0 radical (unpaired) electrons. The van der Waals surface area contributed by atoms with Crippen molar-refractivity contribution < 1.29 is 14.9 Å². The molecule has 0 spiro atoms. The Kier molecular flexibility index (Phi) is 7.60. The molecule has 1 saturated heterocycles. The smallest absolute Gasteiger partial charge is 0.0809 e. The minimum atomic E-state index is -0.608. The Morgan fingerprint density at radius 1 is 1.15 bits per heavy atom. The van der Waals surface area contributed by atoms with Crippen LogP contribution in [-0.4, -0.2) is 59.2 Å². The van der Waals surface area contributed by atoms with Crippen LogP contribution in [0.2, 0.25) is 0 Å². The summed E-state index contributed by atoms with van der Waals surface area (Å²) >= 11 is 0. The highest BCUT2D eigenvalue weighted by Crippen LogP contribution is 2.59. The largest absolute Gasteiger partial charge is 0.388 e. The average molecular weight is 458 g/mol. The summed E-state index contributed by atoms with van der Waals surface area (Å²) in [6, 6.07) is 0. The van der Waals surface area contributed by atoms with Gasteiger partial charge in [0.25, 0.3) is 0 Å². The molecule has 1 heterocycles. The van der Waals surface area contributed by atoms with Gasteiger partial charge in [0.05, 0.1) is 24.4 Å². The molecule has 1 aliphatic heterocycles. The molecule has 4 rings (SSSR count). The molecule has 1 unspecified atom stereocenters. The number of nitrogens with zero attached hydrogens (tertiary/aromatic N) is 1. The molecule has 0 aromatic rings. The van der Waals surface area contributed by atoms with Gasteiger partial charge >= 0.3 is 0 Å². The Hall–Kier alpha value is -0.940. The first-order chi connectivity index (χ1) is 15.6. The van der Waals surface area contributed by atoms with Crippen LogP contribution < -0.4 is 0 Å². The molecule has 3 aliphatic carbocycles. The van der Waals surface area contributed by atoms with Crippen LogP contribution >= 0.6 is 0 Å². The van der Waals surface area contributed by atoms with Gasteiger partial charge in [0.15, 0.2) is 0 Å². The van der Waals surface area contributed by atoms with E-state index in [2.05, 4.69) is 51.3 Å². The van der Waals surface area contributed by atoms with E-state index < -0.39 is 12.2 Å². The van der Waals surface area contributed by atoms with Gasteiger partial charge in [-0.15, -0.1) is 0 Å². The first-order valence-corrected chi connectivity index (χ1v) is 13.4. The lowest BCUT2D eigenvalue weighted by molar-refractivity contribution is -0.0874. The third kappa shape index (κ3) is 5.50. The maximum atomic E-state index is 10.2. The summed E-state index contributed by atoms with van der Waals surface area (Å²) < 4.78 is 5.90. The van der Waals surface area contributed by atoms with Crippen molar-refractivity contribution in [2.45, 2.75) is 96.9 Å². The predicted molar refractivity (Wildman–Crippen MR) is 135 cm³/mol. The van der Waals surface area contributed by atoms with Crippen LogP contribution in [0.25, 0.3) is 0 Å². The fourth-order valence-electron chi connectivity index (χ4n) is 7.53. The lowest BCUT2D eigenvalue weighted by Gasteiger charge is -2.45. The molecule has 0 aromatic heterocycles. The number of ether oxygens (including phenoxy) is 1. The first kappa shape index (κ1) is 25.2. The Balaban J connectivity index is 1.39. The summed E-state index contributed by atoms with van der Waals surface area (Å²) in [7, 11) is 0. The number of morpholine rings is 1. The van der Waals surface area contributed by atoms with E-state index in [0.717, 1.165) is 37.1 Å². The molecule has 0 bridgehead atoms. The fourth-order valence-corrected chi connectivity index (χ4v) is 7.53. The number of hydrogen-bond acceptors (Lipinski definition) is 4. The fraction of sp³-hybridized carbons (Fsp3) is 0.793. The number of allylic oxidation sites excluding steroid dienone is 3. The van der Waals surface area contributed by atoms with E-state index in [0.29, 0.717) is 29.7 Å².